The molecule has 1 aromatic heterocycles. The predicted molar refractivity (Wildman–Crippen MR) is 73.0 cm³/mol. The molecule has 0 aliphatic heterocycles. The van der Waals surface area contributed by atoms with Crippen LogP contribution in [0.2, 0.25) is 0 Å². The standard InChI is InChI=1S/C15H16N2O2/c1-10-9-13(3-4-14(10)18)15(19)17-11(2)12-5-7-16-8-6-12/h3-9,11,18H,1-2H3,(H,17,19). The van der Waals surface area contributed by atoms with Crippen molar-refractivity contribution in [3.8, 4) is 5.75 Å². The van der Waals surface area contributed by atoms with E-state index in [2.05, 4.69) is 10.3 Å². The molecule has 4 heteroatoms. The van der Waals surface area contributed by atoms with Gasteiger partial charge in [0.15, 0.2) is 0 Å². The molecule has 1 unspecified atom stereocenters. The van der Waals surface area contributed by atoms with Gasteiger partial charge in [-0.3, -0.25) is 9.78 Å². The quantitative estimate of drug-likeness (QED) is 0.887. The van der Waals surface area contributed by atoms with Crippen LogP contribution < -0.4 is 5.32 Å². The van der Waals surface area contributed by atoms with E-state index in [9.17, 15) is 9.90 Å². The SMILES string of the molecule is Cc1cc(C(=O)NC(C)c2ccncc2)ccc1O. The van der Waals surface area contributed by atoms with Crippen molar-refractivity contribution in [2.24, 2.45) is 0 Å². The maximum Gasteiger partial charge on any atom is 0.251 e. The van der Waals surface area contributed by atoms with Gasteiger partial charge in [0, 0.05) is 18.0 Å². The van der Waals surface area contributed by atoms with E-state index >= 15 is 0 Å². The number of aromatic hydroxyl groups is 1. The van der Waals surface area contributed by atoms with Crippen molar-refractivity contribution >= 4 is 5.91 Å². The molecule has 0 saturated heterocycles. The number of aromatic nitrogens is 1. The average Bonchev–Trinajstić information content (AvgIpc) is 2.42. The topological polar surface area (TPSA) is 62.2 Å². The lowest BCUT2D eigenvalue weighted by atomic mass is 10.1. The molecule has 1 atom stereocenters. The number of nitrogens with zero attached hydrogens (tertiary/aromatic N) is 1. The maximum atomic E-state index is 12.1. The molecular formula is C15H16N2O2. The lowest BCUT2D eigenvalue weighted by Crippen LogP contribution is -2.26. The minimum atomic E-state index is -0.160. The van der Waals surface area contributed by atoms with Crippen LogP contribution in [0.25, 0.3) is 0 Å². The highest BCUT2D eigenvalue weighted by atomic mass is 16.3. The van der Waals surface area contributed by atoms with Gasteiger partial charge in [0.25, 0.3) is 5.91 Å². The second kappa shape index (κ2) is 5.52. The van der Waals surface area contributed by atoms with Crippen LogP contribution in [0, 0.1) is 6.92 Å². The molecule has 0 bridgehead atoms. The monoisotopic (exact) mass is 256 g/mol. The Morgan fingerprint density at radius 3 is 2.58 bits per heavy atom. The Morgan fingerprint density at radius 1 is 1.26 bits per heavy atom. The number of hydrogen-bond donors (Lipinski definition) is 2. The fraction of sp³-hybridized carbons (Fsp3) is 0.200. The normalized spacial score (nSPS) is 11.9. The van der Waals surface area contributed by atoms with E-state index in [1.807, 2.05) is 19.1 Å². The number of pyridine rings is 1. The molecule has 1 amide bonds. The fourth-order valence-electron chi connectivity index (χ4n) is 1.81. The smallest absolute Gasteiger partial charge is 0.251 e. The number of phenols is 1. The Morgan fingerprint density at radius 2 is 1.95 bits per heavy atom. The molecule has 19 heavy (non-hydrogen) atoms. The lowest BCUT2D eigenvalue weighted by Gasteiger charge is -2.14. The average molecular weight is 256 g/mol. The summed E-state index contributed by atoms with van der Waals surface area (Å²) in [6.45, 7) is 3.68. The molecule has 0 spiro atoms. The molecule has 0 fully saturated rings. The van der Waals surface area contributed by atoms with Crippen molar-refractivity contribution in [2.45, 2.75) is 19.9 Å². The zero-order chi connectivity index (χ0) is 13.8. The van der Waals surface area contributed by atoms with Crippen molar-refractivity contribution in [3.05, 3.63) is 59.4 Å². The van der Waals surface area contributed by atoms with Crippen LogP contribution in [0.3, 0.4) is 0 Å². The van der Waals surface area contributed by atoms with Crippen molar-refractivity contribution in [3.63, 3.8) is 0 Å². The van der Waals surface area contributed by atoms with E-state index in [0.717, 1.165) is 5.56 Å². The van der Waals surface area contributed by atoms with Gasteiger partial charge in [0.05, 0.1) is 6.04 Å². The van der Waals surface area contributed by atoms with Gasteiger partial charge in [0.2, 0.25) is 0 Å². The predicted octanol–water partition coefficient (Wildman–Crippen LogP) is 2.59. The Balaban J connectivity index is 2.11. The molecule has 0 aliphatic carbocycles. The largest absolute Gasteiger partial charge is 0.508 e. The summed E-state index contributed by atoms with van der Waals surface area (Å²) in [5.74, 6) is 0.0335. The van der Waals surface area contributed by atoms with E-state index in [0.29, 0.717) is 11.1 Å². The number of phenolic OH excluding ortho intramolecular Hbond substituents is 1. The van der Waals surface area contributed by atoms with Gasteiger partial charge in [-0.25, -0.2) is 0 Å². The summed E-state index contributed by atoms with van der Waals surface area (Å²) < 4.78 is 0. The first-order chi connectivity index (χ1) is 9.08. The number of aryl methyl sites for hydroxylation is 1. The van der Waals surface area contributed by atoms with Crippen molar-refractivity contribution in [2.75, 3.05) is 0 Å². The third-order valence-electron chi connectivity index (χ3n) is 3.01. The zero-order valence-corrected chi connectivity index (χ0v) is 10.9. The van der Waals surface area contributed by atoms with Crippen LogP contribution >= 0.6 is 0 Å². The maximum absolute atomic E-state index is 12.1. The molecule has 0 radical (unpaired) electrons. The summed E-state index contributed by atoms with van der Waals surface area (Å²) >= 11 is 0. The highest BCUT2D eigenvalue weighted by Crippen LogP contribution is 2.18. The molecule has 1 heterocycles. The fourth-order valence-corrected chi connectivity index (χ4v) is 1.81. The minimum Gasteiger partial charge on any atom is -0.508 e. The van der Waals surface area contributed by atoms with E-state index in [1.54, 1.807) is 31.5 Å². The van der Waals surface area contributed by atoms with Crippen LogP contribution in [0.15, 0.2) is 42.7 Å². The summed E-state index contributed by atoms with van der Waals surface area (Å²) in [5.41, 5.74) is 2.22. The number of hydrogen-bond acceptors (Lipinski definition) is 3. The van der Waals surface area contributed by atoms with Gasteiger partial charge in [-0.1, -0.05) is 0 Å². The van der Waals surface area contributed by atoms with Crippen LogP contribution in [-0.4, -0.2) is 16.0 Å². The van der Waals surface area contributed by atoms with Crippen LogP contribution in [0.5, 0.6) is 5.75 Å². The molecule has 98 valence electrons. The van der Waals surface area contributed by atoms with Crippen molar-refractivity contribution in [1.29, 1.82) is 0 Å². The number of amides is 1. The molecular weight excluding hydrogens is 240 g/mol. The van der Waals surface area contributed by atoms with Gasteiger partial charge >= 0.3 is 0 Å². The summed E-state index contributed by atoms with van der Waals surface area (Å²) in [6, 6.07) is 8.45. The highest BCUT2D eigenvalue weighted by molar-refractivity contribution is 5.94. The molecule has 0 saturated carbocycles. The van der Waals surface area contributed by atoms with Gasteiger partial charge in [-0.05, 0) is 55.3 Å². The number of benzene rings is 1. The number of carbonyl (C=O) groups is 1. The van der Waals surface area contributed by atoms with E-state index < -0.39 is 0 Å². The third-order valence-corrected chi connectivity index (χ3v) is 3.01. The summed E-state index contributed by atoms with van der Waals surface area (Å²) in [4.78, 5) is 16.0. The first-order valence-electron chi connectivity index (χ1n) is 6.08. The summed E-state index contributed by atoms with van der Waals surface area (Å²) in [5, 5.41) is 12.4. The lowest BCUT2D eigenvalue weighted by molar-refractivity contribution is 0.0940. The molecule has 0 aliphatic rings. The molecule has 2 aromatic rings. The van der Waals surface area contributed by atoms with Crippen LogP contribution in [-0.2, 0) is 0 Å². The van der Waals surface area contributed by atoms with Crippen LogP contribution in [0.1, 0.15) is 34.5 Å². The summed E-state index contributed by atoms with van der Waals surface area (Å²) in [7, 11) is 0. The second-order valence-electron chi connectivity index (χ2n) is 4.48. The minimum absolute atomic E-state index is 0.0930. The van der Waals surface area contributed by atoms with Gasteiger partial charge in [0.1, 0.15) is 5.75 Å². The number of rotatable bonds is 3. The summed E-state index contributed by atoms with van der Waals surface area (Å²) in [6.07, 6.45) is 3.39. The Labute approximate surface area is 112 Å². The first-order valence-corrected chi connectivity index (χ1v) is 6.08. The molecule has 4 nitrogen and oxygen atoms in total. The Bertz CT molecular complexity index is 582. The van der Waals surface area contributed by atoms with E-state index in [-0.39, 0.29) is 17.7 Å². The van der Waals surface area contributed by atoms with Gasteiger partial charge in [-0.15, -0.1) is 0 Å². The zero-order valence-electron chi connectivity index (χ0n) is 10.9. The van der Waals surface area contributed by atoms with E-state index in [1.165, 1.54) is 6.07 Å². The molecule has 2 N–H and O–H groups in total. The van der Waals surface area contributed by atoms with Gasteiger partial charge < -0.3 is 10.4 Å². The number of carbonyl (C=O) groups excluding carboxylic acids is 1. The first kappa shape index (κ1) is 13.1. The highest BCUT2D eigenvalue weighted by Gasteiger charge is 2.12. The second-order valence-corrected chi connectivity index (χ2v) is 4.48. The molecule has 2 rings (SSSR count). The third kappa shape index (κ3) is 3.10. The van der Waals surface area contributed by atoms with Gasteiger partial charge in [-0.2, -0.15) is 0 Å². The van der Waals surface area contributed by atoms with Crippen molar-refractivity contribution in [1.82, 2.24) is 10.3 Å². The molecule has 1 aromatic carbocycles. The Kier molecular flexibility index (Phi) is 3.80. The van der Waals surface area contributed by atoms with Crippen molar-refractivity contribution < 1.29 is 9.90 Å². The van der Waals surface area contributed by atoms with Crippen LogP contribution in [0.4, 0.5) is 0 Å². The van der Waals surface area contributed by atoms with E-state index in [4.69, 9.17) is 0 Å². The Hall–Kier alpha value is -2.36. The number of nitrogens with one attached hydrogen (secondary N) is 1.